The molecule has 0 heterocycles. The lowest BCUT2D eigenvalue weighted by Crippen LogP contribution is -2.37. The van der Waals surface area contributed by atoms with Crippen molar-refractivity contribution < 1.29 is 9.90 Å². The zero-order valence-corrected chi connectivity index (χ0v) is 8.11. The first-order valence-electron chi connectivity index (χ1n) is 3.35. The molecule has 60 valence electrons. The smallest absolute Gasteiger partial charge is 0.178 e. The fraction of sp³-hybridized carbons (Fsp3) is 0.375. The predicted octanol–water partition coefficient (Wildman–Crippen LogP) is 1.24. The minimum atomic E-state index is -1.23. The Bertz CT molecular complexity index is 220. The molecule has 0 bridgehead atoms. The van der Waals surface area contributed by atoms with Crippen molar-refractivity contribution in [2.24, 2.45) is 0 Å². The van der Waals surface area contributed by atoms with Crippen molar-refractivity contribution in [1.29, 1.82) is 0 Å². The third-order valence-corrected chi connectivity index (χ3v) is 2.35. The fourth-order valence-corrected chi connectivity index (χ4v) is 1.59. The predicted molar refractivity (Wildman–Crippen MR) is 51.7 cm³/mol. The van der Waals surface area contributed by atoms with Crippen molar-refractivity contribution in [3.8, 4) is 0 Å². The van der Waals surface area contributed by atoms with E-state index in [2.05, 4.69) is 0 Å². The summed E-state index contributed by atoms with van der Waals surface area (Å²) in [5.74, 6) is -0.126. The Hall–Kier alpha value is -0.160. The van der Waals surface area contributed by atoms with Crippen LogP contribution in [0, 0.1) is 0 Å². The van der Waals surface area contributed by atoms with E-state index in [4.69, 9.17) is 0 Å². The number of carbonyl (C=O) groups excluding carboxylic acids is 1. The summed E-state index contributed by atoms with van der Waals surface area (Å²) in [4.78, 5) is 11.1. The fourth-order valence-electron chi connectivity index (χ4n) is 0.932. The molecule has 0 spiro atoms. The number of hydrogen-bond acceptors (Lipinski definition) is 2. The molecule has 1 N–H and O–H groups in total. The third-order valence-electron chi connectivity index (χ3n) is 1.65. The van der Waals surface area contributed by atoms with Gasteiger partial charge < -0.3 is 5.11 Å². The van der Waals surface area contributed by atoms with E-state index in [9.17, 15) is 9.90 Å². The Kier molecular flexibility index (Phi) is 2.84. The number of Topliss-reactive ketones (excluding diaryl/α,β-unsaturated/α-hetero) is 1. The number of rotatable bonds is 2. The van der Waals surface area contributed by atoms with E-state index >= 15 is 0 Å². The van der Waals surface area contributed by atoms with Gasteiger partial charge in [-0.15, -0.1) is 0 Å². The maximum atomic E-state index is 11.1. The first kappa shape index (κ1) is 8.93. The van der Waals surface area contributed by atoms with Crippen molar-refractivity contribution in [3.63, 3.8) is 0 Å². The van der Waals surface area contributed by atoms with Crippen molar-refractivity contribution in [2.75, 3.05) is 4.43 Å². The Morgan fingerprint density at radius 3 is 2.82 bits per heavy atom. The molecule has 11 heavy (non-hydrogen) atoms. The second-order valence-electron chi connectivity index (χ2n) is 2.47. The topological polar surface area (TPSA) is 37.3 Å². The van der Waals surface area contributed by atoms with Gasteiger partial charge in [-0.2, -0.15) is 0 Å². The first-order valence-corrected chi connectivity index (χ1v) is 4.87. The van der Waals surface area contributed by atoms with Crippen molar-refractivity contribution in [1.82, 2.24) is 0 Å². The number of ketones is 1. The van der Waals surface area contributed by atoms with Crippen LogP contribution in [0.15, 0.2) is 24.3 Å². The zero-order chi connectivity index (χ0) is 8.32. The number of allylic oxidation sites excluding steroid dienone is 2. The van der Waals surface area contributed by atoms with E-state index in [1.54, 1.807) is 18.2 Å². The Morgan fingerprint density at radius 1 is 1.64 bits per heavy atom. The quantitative estimate of drug-likeness (QED) is 0.601. The van der Waals surface area contributed by atoms with E-state index in [0.717, 1.165) is 0 Å². The van der Waals surface area contributed by atoms with Crippen LogP contribution in [0.1, 0.15) is 6.42 Å². The van der Waals surface area contributed by atoms with Crippen LogP contribution in [-0.2, 0) is 4.79 Å². The van der Waals surface area contributed by atoms with Crippen LogP contribution in [0.4, 0.5) is 0 Å². The highest BCUT2D eigenvalue weighted by Crippen LogP contribution is 2.19. The van der Waals surface area contributed by atoms with Crippen LogP contribution in [-0.4, -0.2) is 20.9 Å². The average molecular weight is 264 g/mol. The molecule has 0 amide bonds. The van der Waals surface area contributed by atoms with E-state index in [-0.39, 0.29) is 5.78 Å². The third kappa shape index (κ3) is 1.90. The van der Waals surface area contributed by atoms with Crippen LogP contribution in [0.2, 0.25) is 0 Å². The molecule has 0 aromatic carbocycles. The minimum absolute atomic E-state index is 0.126. The van der Waals surface area contributed by atoms with Gasteiger partial charge in [0.25, 0.3) is 0 Å². The molecule has 2 nitrogen and oxygen atoms in total. The number of hydrogen-bond donors (Lipinski definition) is 1. The van der Waals surface area contributed by atoms with E-state index in [0.29, 0.717) is 10.8 Å². The lowest BCUT2D eigenvalue weighted by atomic mass is 9.92. The summed E-state index contributed by atoms with van der Waals surface area (Å²) in [6, 6.07) is 0. The molecule has 0 radical (unpaired) electrons. The summed E-state index contributed by atoms with van der Waals surface area (Å²) >= 11 is 1.96. The molecule has 0 saturated heterocycles. The van der Waals surface area contributed by atoms with Crippen LogP contribution < -0.4 is 0 Å². The molecule has 0 saturated carbocycles. The summed E-state index contributed by atoms with van der Waals surface area (Å²) < 4.78 is 0.354. The van der Waals surface area contributed by atoms with Crippen molar-refractivity contribution >= 4 is 28.4 Å². The van der Waals surface area contributed by atoms with Crippen LogP contribution >= 0.6 is 22.6 Å². The molecule has 0 aromatic rings. The molecular formula is C8H9IO2. The van der Waals surface area contributed by atoms with Gasteiger partial charge in [-0.1, -0.05) is 40.8 Å². The molecule has 1 aliphatic carbocycles. The van der Waals surface area contributed by atoms with E-state index in [1.807, 2.05) is 28.7 Å². The number of halogens is 1. The molecule has 0 unspecified atom stereocenters. The SMILES string of the molecule is O=C(CI)[C@@]1(O)C=CC=CC1. The highest BCUT2D eigenvalue weighted by Gasteiger charge is 2.30. The Labute approximate surface area is 79.1 Å². The van der Waals surface area contributed by atoms with Gasteiger partial charge in [-0.05, 0) is 6.08 Å². The maximum absolute atomic E-state index is 11.1. The largest absolute Gasteiger partial charge is 0.378 e. The van der Waals surface area contributed by atoms with Crippen molar-refractivity contribution in [2.45, 2.75) is 12.0 Å². The molecule has 0 aliphatic heterocycles. The maximum Gasteiger partial charge on any atom is 0.178 e. The standard InChI is InChI=1S/C8H9IO2/c9-6-7(10)8(11)4-2-1-3-5-8/h1-4,11H,5-6H2/t8-/m1/s1. The molecule has 0 fully saturated rings. The van der Waals surface area contributed by atoms with E-state index in [1.165, 1.54) is 0 Å². The molecule has 1 aliphatic rings. The zero-order valence-electron chi connectivity index (χ0n) is 5.96. The van der Waals surface area contributed by atoms with Gasteiger partial charge in [-0.25, -0.2) is 0 Å². The van der Waals surface area contributed by atoms with Gasteiger partial charge in [-0.3, -0.25) is 4.79 Å². The van der Waals surface area contributed by atoms with Crippen molar-refractivity contribution in [3.05, 3.63) is 24.3 Å². The first-order chi connectivity index (χ1) is 5.19. The summed E-state index contributed by atoms with van der Waals surface area (Å²) in [5.41, 5.74) is -1.23. The van der Waals surface area contributed by atoms with Crippen LogP contribution in [0.3, 0.4) is 0 Å². The number of alkyl halides is 1. The normalized spacial score (nSPS) is 28.9. The van der Waals surface area contributed by atoms with Gasteiger partial charge in [0.2, 0.25) is 0 Å². The van der Waals surface area contributed by atoms with Gasteiger partial charge in [0.1, 0.15) is 5.60 Å². The van der Waals surface area contributed by atoms with Crippen LogP contribution in [0.25, 0.3) is 0 Å². The lowest BCUT2D eigenvalue weighted by Gasteiger charge is -2.21. The van der Waals surface area contributed by atoms with Crippen LogP contribution in [0.5, 0.6) is 0 Å². The highest BCUT2D eigenvalue weighted by atomic mass is 127. The Morgan fingerprint density at radius 2 is 2.36 bits per heavy atom. The lowest BCUT2D eigenvalue weighted by molar-refractivity contribution is -0.129. The minimum Gasteiger partial charge on any atom is -0.378 e. The molecular weight excluding hydrogens is 255 g/mol. The molecule has 1 rings (SSSR count). The number of aliphatic hydroxyl groups is 1. The second-order valence-corrected chi connectivity index (χ2v) is 3.24. The summed E-state index contributed by atoms with van der Waals surface area (Å²) in [6.07, 6.45) is 7.28. The van der Waals surface area contributed by atoms with Gasteiger partial charge >= 0.3 is 0 Å². The number of carbonyl (C=O) groups is 1. The highest BCUT2D eigenvalue weighted by molar-refractivity contribution is 14.1. The molecule has 1 atom stereocenters. The summed E-state index contributed by atoms with van der Waals surface area (Å²) in [5, 5.41) is 9.65. The average Bonchev–Trinajstić information content (AvgIpc) is 2.04. The second kappa shape index (κ2) is 3.49. The van der Waals surface area contributed by atoms with Gasteiger partial charge in [0.05, 0.1) is 4.43 Å². The monoisotopic (exact) mass is 264 g/mol. The van der Waals surface area contributed by atoms with Gasteiger partial charge in [0, 0.05) is 6.42 Å². The summed E-state index contributed by atoms with van der Waals surface area (Å²) in [6.45, 7) is 0. The van der Waals surface area contributed by atoms with E-state index < -0.39 is 5.60 Å². The van der Waals surface area contributed by atoms with Gasteiger partial charge in [0.15, 0.2) is 5.78 Å². The molecule has 3 heteroatoms. The Balaban J connectivity index is 2.75. The molecule has 0 aromatic heterocycles. The summed E-state index contributed by atoms with van der Waals surface area (Å²) in [7, 11) is 0.